The molecule has 0 aliphatic heterocycles. The van der Waals surface area contributed by atoms with Crippen molar-refractivity contribution in [1.29, 1.82) is 0 Å². The van der Waals surface area contributed by atoms with Gasteiger partial charge in [-0.3, -0.25) is 4.79 Å². The summed E-state index contributed by atoms with van der Waals surface area (Å²) in [4.78, 5) is 21.3. The highest BCUT2D eigenvalue weighted by molar-refractivity contribution is 7.98. The minimum Gasteiger partial charge on any atom is -0.337 e. The van der Waals surface area contributed by atoms with E-state index in [1.165, 1.54) is 42.2 Å². The van der Waals surface area contributed by atoms with Crippen molar-refractivity contribution in [3.8, 4) is 0 Å². The Morgan fingerprint density at radius 3 is 2.47 bits per heavy atom. The van der Waals surface area contributed by atoms with Crippen molar-refractivity contribution in [3.63, 3.8) is 0 Å². The van der Waals surface area contributed by atoms with Crippen molar-refractivity contribution in [2.24, 2.45) is 0 Å². The maximum Gasteiger partial charge on any atom is 0.275 e. The monoisotopic (exact) mass is 543 g/mol. The van der Waals surface area contributed by atoms with E-state index in [0.717, 1.165) is 11.1 Å². The van der Waals surface area contributed by atoms with Crippen LogP contribution in [0, 0.1) is 20.8 Å². The van der Waals surface area contributed by atoms with Gasteiger partial charge in [0, 0.05) is 17.0 Å². The van der Waals surface area contributed by atoms with E-state index in [9.17, 15) is 13.2 Å². The third-order valence-corrected chi connectivity index (χ3v) is 7.90. The molecule has 0 fully saturated rings. The summed E-state index contributed by atoms with van der Waals surface area (Å²) in [6, 6.07) is 13.7. The molecule has 0 aliphatic carbocycles. The summed E-state index contributed by atoms with van der Waals surface area (Å²) in [7, 11) is -3.91. The largest absolute Gasteiger partial charge is 0.337 e. The standard InChI is InChI=1S/C24H22ClN5O4S2/c1-14-6-4-5-7-17(14)13-35-24-26-12-20(25)21(28-24)22(31)27-18-8-10-19(11-9-18)36(32,33)30-23-15(2)16(3)29-34-23/h4-12,30H,13H2,1-3H3,(H,27,31). The second-order valence-electron chi connectivity index (χ2n) is 7.87. The molecule has 0 bridgehead atoms. The summed E-state index contributed by atoms with van der Waals surface area (Å²) in [5.41, 5.74) is 3.88. The minimum absolute atomic E-state index is 0.0103. The van der Waals surface area contributed by atoms with Gasteiger partial charge in [0.25, 0.3) is 15.9 Å². The molecule has 186 valence electrons. The number of hydrogen-bond acceptors (Lipinski definition) is 8. The van der Waals surface area contributed by atoms with E-state index in [2.05, 4.69) is 25.2 Å². The highest BCUT2D eigenvalue weighted by Crippen LogP contribution is 2.25. The first kappa shape index (κ1) is 25.7. The number of benzene rings is 2. The van der Waals surface area contributed by atoms with Crippen LogP contribution in [0.4, 0.5) is 11.6 Å². The van der Waals surface area contributed by atoms with Crippen LogP contribution in [0.25, 0.3) is 0 Å². The number of nitrogens with one attached hydrogen (secondary N) is 2. The van der Waals surface area contributed by atoms with Gasteiger partial charge in [0.2, 0.25) is 5.88 Å². The number of aryl methyl sites for hydroxylation is 2. The van der Waals surface area contributed by atoms with E-state index in [0.29, 0.717) is 27.9 Å². The fourth-order valence-corrected chi connectivity index (χ4v) is 5.21. The van der Waals surface area contributed by atoms with Crippen LogP contribution in [0.15, 0.2) is 69.3 Å². The molecule has 0 saturated heterocycles. The zero-order valence-electron chi connectivity index (χ0n) is 19.6. The number of sulfonamides is 1. The number of aromatic nitrogens is 3. The van der Waals surface area contributed by atoms with Crippen molar-refractivity contribution >= 4 is 50.9 Å². The molecule has 4 rings (SSSR count). The van der Waals surface area contributed by atoms with Crippen LogP contribution in [0.2, 0.25) is 5.02 Å². The van der Waals surface area contributed by atoms with E-state index in [1.807, 2.05) is 31.2 Å². The van der Waals surface area contributed by atoms with Gasteiger partial charge < -0.3 is 9.84 Å². The molecular formula is C24H22ClN5O4S2. The zero-order chi connectivity index (χ0) is 25.9. The number of thioether (sulfide) groups is 1. The third-order valence-electron chi connectivity index (χ3n) is 5.36. The molecule has 0 aliphatic rings. The van der Waals surface area contributed by atoms with Crippen LogP contribution >= 0.6 is 23.4 Å². The predicted octanol–water partition coefficient (Wildman–Crippen LogP) is 5.39. The lowest BCUT2D eigenvalue weighted by Gasteiger charge is -2.09. The average Bonchev–Trinajstić information content (AvgIpc) is 3.16. The van der Waals surface area contributed by atoms with Crippen molar-refractivity contribution in [2.75, 3.05) is 10.0 Å². The fourth-order valence-electron chi connectivity index (χ4n) is 3.09. The molecule has 0 radical (unpaired) electrons. The molecule has 2 heterocycles. The molecule has 0 unspecified atom stereocenters. The van der Waals surface area contributed by atoms with Crippen molar-refractivity contribution < 1.29 is 17.7 Å². The first-order chi connectivity index (χ1) is 17.1. The lowest BCUT2D eigenvalue weighted by atomic mass is 10.1. The Labute approximate surface area is 217 Å². The quantitative estimate of drug-likeness (QED) is 0.224. The maximum absolute atomic E-state index is 12.8. The van der Waals surface area contributed by atoms with Gasteiger partial charge in [0.1, 0.15) is 0 Å². The smallest absolute Gasteiger partial charge is 0.275 e. The van der Waals surface area contributed by atoms with Gasteiger partial charge >= 0.3 is 0 Å². The topological polar surface area (TPSA) is 127 Å². The highest BCUT2D eigenvalue weighted by atomic mass is 35.5. The Morgan fingerprint density at radius 1 is 1.08 bits per heavy atom. The molecule has 36 heavy (non-hydrogen) atoms. The minimum atomic E-state index is -3.91. The molecule has 2 N–H and O–H groups in total. The van der Waals surface area contributed by atoms with Crippen LogP contribution in [0.5, 0.6) is 0 Å². The van der Waals surface area contributed by atoms with E-state index in [1.54, 1.807) is 13.8 Å². The Balaban J connectivity index is 1.44. The Morgan fingerprint density at radius 2 is 1.81 bits per heavy atom. The molecule has 0 spiro atoms. The second kappa shape index (κ2) is 10.7. The number of rotatable bonds is 8. The number of hydrogen-bond donors (Lipinski definition) is 2. The normalized spacial score (nSPS) is 11.3. The number of halogens is 1. The summed E-state index contributed by atoms with van der Waals surface area (Å²) in [6.45, 7) is 5.44. The average molecular weight is 544 g/mol. The van der Waals surface area contributed by atoms with Crippen LogP contribution in [0.1, 0.15) is 32.9 Å². The van der Waals surface area contributed by atoms with E-state index in [4.69, 9.17) is 16.1 Å². The fraction of sp³-hybridized carbons (Fsp3) is 0.167. The number of anilines is 2. The number of carbonyl (C=O) groups excluding carboxylic acids is 1. The molecule has 4 aromatic rings. The van der Waals surface area contributed by atoms with Crippen LogP contribution < -0.4 is 10.0 Å². The maximum atomic E-state index is 12.8. The van der Waals surface area contributed by atoms with E-state index in [-0.39, 0.29) is 21.5 Å². The highest BCUT2D eigenvalue weighted by Gasteiger charge is 2.20. The predicted molar refractivity (Wildman–Crippen MR) is 139 cm³/mol. The van der Waals surface area contributed by atoms with Crippen molar-refractivity contribution in [2.45, 2.75) is 36.6 Å². The molecule has 1 amide bonds. The number of carbonyl (C=O) groups is 1. The summed E-state index contributed by atoms with van der Waals surface area (Å²) in [5.74, 6) is 0.160. The second-order valence-corrected chi connectivity index (χ2v) is 10.9. The van der Waals surface area contributed by atoms with Gasteiger partial charge in [-0.05, 0) is 56.2 Å². The number of amides is 1. The van der Waals surface area contributed by atoms with Crippen molar-refractivity contribution in [3.05, 3.63) is 87.8 Å². The lowest BCUT2D eigenvalue weighted by Crippen LogP contribution is -2.16. The van der Waals surface area contributed by atoms with E-state index < -0.39 is 15.9 Å². The SMILES string of the molecule is Cc1ccccc1CSc1ncc(Cl)c(C(=O)Nc2ccc(S(=O)(=O)Nc3onc(C)c3C)cc2)n1. The Bertz CT molecular complexity index is 1520. The molecular weight excluding hydrogens is 522 g/mol. The summed E-state index contributed by atoms with van der Waals surface area (Å²) in [5, 5.41) is 6.95. The molecule has 9 nitrogen and oxygen atoms in total. The first-order valence-corrected chi connectivity index (χ1v) is 13.6. The van der Waals surface area contributed by atoms with Crippen molar-refractivity contribution in [1.82, 2.24) is 15.1 Å². The number of nitrogens with zero attached hydrogens (tertiary/aromatic N) is 3. The third kappa shape index (κ3) is 5.86. The Kier molecular flexibility index (Phi) is 7.62. The van der Waals surface area contributed by atoms with Gasteiger partial charge in [0.15, 0.2) is 10.9 Å². The van der Waals surface area contributed by atoms with Gasteiger partial charge in [-0.15, -0.1) is 0 Å². The van der Waals surface area contributed by atoms with Gasteiger partial charge in [0.05, 0.1) is 21.8 Å². The summed E-state index contributed by atoms with van der Waals surface area (Å²) >= 11 is 7.57. The molecule has 0 atom stereocenters. The van der Waals surface area contributed by atoms with Crippen LogP contribution in [0.3, 0.4) is 0 Å². The summed E-state index contributed by atoms with van der Waals surface area (Å²) in [6.07, 6.45) is 1.39. The van der Waals surface area contributed by atoms with Crippen LogP contribution in [-0.4, -0.2) is 29.4 Å². The van der Waals surface area contributed by atoms with Crippen LogP contribution in [-0.2, 0) is 15.8 Å². The lowest BCUT2D eigenvalue weighted by molar-refractivity contribution is 0.102. The zero-order valence-corrected chi connectivity index (χ0v) is 22.0. The molecule has 12 heteroatoms. The summed E-state index contributed by atoms with van der Waals surface area (Å²) < 4.78 is 32.7. The van der Waals surface area contributed by atoms with Gasteiger partial charge in [-0.2, -0.15) is 0 Å². The van der Waals surface area contributed by atoms with E-state index >= 15 is 0 Å². The van der Waals surface area contributed by atoms with Gasteiger partial charge in [-0.1, -0.05) is 52.8 Å². The Hall–Kier alpha value is -3.41. The molecule has 2 aromatic heterocycles. The van der Waals surface area contributed by atoms with Gasteiger partial charge in [-0.25, -0.2) is 23.1 Å². The molecule has 0 saturated carbocycles. The molecule has 2 aromatic carbocycles. The first-order valence-electron chi connectivity index (χ1n) is 10.7.